The highest BCUT2D eigenvalue weighted by Crippen LogP contribution is 2.38. The van der Waals surface area contributed by atoms with E-state index < -0.39 is 0 Å². The number of pyridine rings is 1. The van der Waals surface area contributed by atoms with Crippen LogP contribution in [0.25, 0.3) is 10.6 Å². The van der Waals surface area contributed by atoms with Gasteiger partial charge < -0.3 is 4.90 Å². The van der Waals surface area contributed by atoms with Crippen LogP contribution in [0.5, 0.6) is 0 Å². The van der Waals surface area contributed by atoms with E-state index in [0.29, 0.717) is 21.7 Å². The van der Waals surface area contributed by atoms with Crippen molar-refractivity contribution < 1.29 is 4.79 Å². The van der Waals surface area contributed by atoms with Crippen molar-refractivity contribution in [3.8, 4) is 10.6 Å². The Balaban J connectivity index is 1.90. The molecule has 7 heteroatoms. The molecule has 4 nitrogen and oxygen atoms in total. The number of hydrogen-bond acceptors (Lipinski definition) is 4. The summed E-state index contributed by atoms with van der Waals surface area (Å²) in [5.74, 6) is -0.342. The average molecular weight is 406 g/mol. The zero-order valence-corrected chi connectivity index (χ0v) is 16.6. The van der Waals surface area contributed by atoms with Crippen molar-refractivity contribution in [2.75, 3.05) is 11.4 Å². The van der Waals surface area contributed by atoms with Crippen molar-refractivity contribution in [2.24, 2.45) is 0 Å². The third kappa shape index (κ3) is 3.90. The lowest BCUT2D eigenvalue weighted by Crippen LogP contribution is -2.33. The Hall–Kier alpha value is -1.95. The number of thiazole rings is 1. The summed E-state index contributed by atoms with van der Waals surface area (Å²) in [6.07, 6.45) is 3.43. The lowest BCUT2D eigenvalue weighted by Gasteiger charge is -2.23. The molecule has 0 aliphatic heterocycles. The molecule has 0 saturated carbocycles. The van der Waals surface area contributed by atoms with Crippen LogP contribution in [-0.2, 0) is 4.79 Å². The summed E-state index contributed by atoms with van der Waals surface area (Å²) in [4.78, 5) is 23.3. The van der Waals surface area contributed by atoms with Gasteiger partial charge in [-0.1, -0.05) is 46.7 Å². The molecule has 3 rings (SSSR count). The van der Waals surface area contributed by atoms with Crippen molar-refractivity contribution in [1.82, 2.24) is 9.97 Å². The summed E-state index contributed by atoms with van der Waals surface area (Å²) in [5, 5.41) is 2.36. The standard InChI is InChI=1S/C19H17Cl2N3OS/c1-3-24(18(25)12(2)13-6-8-15(20)9-7-13)19-16(21)23-17(26-19)14-5-4-10-22-11-14/h4-12H,3H2,1-2H3. The Bertz CT molecular complexity index is 897. The molecule has 134 valence electrons. The number of likely N-dealkylation sites (N-methyl/N-ethyl adjacent to an activating group) is 1. The minimum absolute atomic E-state index is 0.0295. The van der Waals surface area contributed by atoms with Crippen LogP contribution < -0.4 is 4.90 Å². The van der Waals surface area contributed by atoms with Crippen molar-refractivity contribution in [3.63, 3.8) is 0 Å². The highest BCUT2D eigenvalue weighted by atomic mass is 35.5. The molecular formula is C19H17Cl2N3OS. The molecule has 1 unspecified atom stereocenters. The predicted molar refractivity (Wildman–Crippen MR) is 108 cm³/mol. The number of carbonyl (C=O) groups is 1. The van der Waals surface area contributed by atoms with Gasteiger partial charge in [0.05, 0.1) is 5.92 Å². The number of carbonyl (C=O) groups excluding carboxylic acids is 1. The summed E-state index contributed by atoms with van der Waals surface area (Å²) >= 11 is 13.7. The van der Waals surface area contributed by atoms with Crippen LogP contribution in [0.3, 0.4) is 0 Å². The van der Waals surface area contributed by atoms with Gasteiger partial charge in [0.25, 0.3) is 0 Å². The molecule has 0 N–H and O–H groups in total. The summed E-state index contributed by atoms with van der Waals surface area (Å²) in [7, 11) is 0. The van der Waals surface area contributed by atoms with Gasteiger partial charge in [-0.05, 0) is 43.7 Å². The molecule has 2 aromatic heterocycles. The predicted octanol–water partition coefficient (Wildman–Crippen LogP) is 5.67. The number of aromatic nitrogens is 2. The van der Waals surface area contributed by atoms with Crippen molar-refractivity contribution >= 4 is 45.4 Å². The first-order chi connectivity index (χ1) is 12.5. The van der Waals surface area contributed by atoms with Crippen LogP contribution in [-0.4, -0.2) is 22.4 Å². The largest absolute Gasteiger partial charge is 0.301 e. The molecule has 0 saturated heterocycles. The van der Waals surface area contributed by atoms with Crippen molar-refractivity contribution in [3.05, 3.63) is 64.5 Å². The highest BCUT2D eigenvalue weighted by Gasteiger charge is 2.26. The highest BCUT2D eigenvalue weighted by molar-refractivity contribution is 7.19. The molecule has 1 amide bonds. The van der Waals surface area contributed by atoms with E-state index in [1.807, 2.05) is 38.1 Å². The number of nitrogens with zero attached hydrogens (tertiary/aromatic N) is 3. The Morgan fingerprint density at radius 1 is 1.23 bits per heavy atom. The van der Waals surface area contributed by atoms with Gasteiger partial charge in [0, 0.05) is 29.5 Å². The molecule has 2 heterocycles. The van der Waals surface area contributed by atoms with Gasteiger partial charge >= 0.3 is 0 Å². The Morgan fingerprint density at radius 2 is 1.96 bits per heavy atom. The first-order valence-corrected chi connectivity index (χ1v) is 9.72. The van der Waals surface area contributed by atoms with Crippen LogP contribution in [0, 0.1) is 0 Å². The SMILES string of the molecule is CCN(C(=O)C(C)c1ccc(Cl)cc1)c1sc(-c2cccnc2)nc1Cl. The molecule has 0 spiro atoms. The van der Waals surface area contributed by atoms with Crippen molar-refractivity contribution in [2.45, 2.75) is 19.8 Å². The third-order valence-electron chi connectivity index (χ3n) is 4.05. The molecule has 1 atom stereocenters. The van der Waals surface area contributed by atoms with Crippen LogP contribution in [0.1, 0.15) is 25.3 Å². The van der Waals surface area contributed by atoms with E-state index in [2.05, 4.69) is 9.97 Å². The minimum atomic E-state index is -0.313. The molecule has 3 aromatic rings. The van der Waals surface area contributed by atoms with Crippen molar-refractivity contribution in [1.29, 1.82) is 0 Å². The van der Waals surface area contributed by atoms with E-state index in [1.165, 1.54) is 11.3 Å². The lowest BCUT2D eigenvalue weighted by atomic mass is 10.00. The number of hydrogen-bond donors (Lipinski definition) is 0. The van der Waals surface area contributed by atoms with Gasteiger partial charge in [0.15, 0.2) is 5.15 Å². The first kappa shape index (κ1) is 18.8. The average Bonchev–Trinajstić information content (AvgIpc) is 3.04. The van der Waals surface area contributed by atoms with E-state index in [4.69, 9.17) is 23.2 Å². The fourth-order valence-corrected chi connectivity index (χ4v) is 4.10. The van der Waals surface area contributed by atoms with E-state index in [-0.39, 0.29) is 11.8 Å². The van der Waals surface area contributed by atoms with E-state index in [9.17, 15) is 4.79 Å². The fourth-order valence-electron chi connectivity index (χ4n) is 2.60. The van der Waals surface area contributed by atoms with E-state index in [1.54, 1.807) is 29.4 Å². The third-order valence-corrected chi connectivity index (χ3v) is 5.80. The molecule has 0 aliphatic carbocycles. The van der Waals surface area contributed by atoms with Crippen LogP contribution in [0.4, 0.5) is 5.00 Å². The topological polar surface area (TPSA) is 46.1 Å². The number of benzene rings is 1. The maximum Gasteiger partial charge on any atom is 0.234 e. The summed E-state index contributed by atoms with van der Waals surface area (Å²) in [5.41, 5.74) is 1.78. The normalized spacial score (nSPS) is 12.0. The smallest absolute Gasteiger partial charge is 0.234 e. The quantitative estimate of drug-likeness (QED) is 0.549. The monoisotopic (exact) mass is 405 g/mol. The lowest BCUT2D eigenvalue weighted by molar-refractivity contribution is -0.119. The molecule has 0 radical (unpaired) electrons. The molecule has 0 bridgehead atoms. The van der Waals surface area contributed by atoms with Gasteiger partial charge in [-0.15, -0.1) is 0 Å². The number of amides is 1. The van der Waals surface area contributed by atoms with Crippen LogP contribution in [0.15, 0.2) is 48.8 Å². The van der Waals surface area contributed by atoms with E-state index in [0.717, 1.165) is 16.1 Å². The summed E-state index contributed by atoms with van der Waals surface area (Å²) in [6, 6.07) is 11.1. The van der Waals surface area contributed by atoms with Gasteiger partial charge in [-0.3, -0.25) is 9.78 Å². The zero-order valence-electron chi connectivity index (χ0n) is 14.3. The molecule has 0 aliphatic rings. The van der Waals surface area contributed by atoms with Gasteiger partial charge in [-0.2, -0.15) is 0 Å². The Morgan fingerprint density at radius 3 is 2.58 bits per heavy atom. The Kier molecular flexibility index (Phi) is 5.91. The summed E-state index contributed by atoms with van der Waals surface area (Å²) in [6.45, 7) is 4.31. The fraction of sp³-hybridized carbons (Fsp3) is 0.211. The second-order valence-electron chi connectivity index (χ2n) is 5.71. The number of halogens is 2. The maximum absolute atomic E-state index is 13.1. The number of rotatable bonds is 5. The maximum atomic E-state index is 13.1. The molecule has 26 heavy (non-hydrogen) atoms. The molecular weight excluding hydrogens is 389 g/mol. The van der Waals surface area contributed by atoms with Gasteiger partial charge in [0.2, 0.25) is 5.91 Å². The summed E-state index contributed by atoms with van der Waals surface area (Å²) < 4.78 is 0. The second kappa shape index (κ2) is 8.16. The zero-order chi connectivity index (χ0) is 18.7. The van der Waals surface area contributed by atoms with Gasteiger partial charge in [0.1, 0.15) is 10.0 Å². The van der Waals surface area contributed by atoms with Crippen LogP contribution >= 0.6 is 34.5 Å². The van der Waals surface area contributed by atoms with Crippen LogP contribution in [0.2, 0.25) is 10.2 Å². The Labute approximate surface area is 166 Å². The molecule has 1 aromatic carbocycles. The minimum Gasteiger partial charge on any atom is -0.301 e. The first-order valence-electron chi connectivity index (χ1n) is 8.14. The number of anilines is 1. The second-order valence-corrected chi connectivity index (χ2v) is 7.48. The van der Waals surface area contributed by atoms with E-state index >= 15 is 0 Å². The molecule has 0 fully saturated rings. The van der Waals surface area contributed by atoms with Gasteiger partial charge in [-0.25, -0.2) is 4.98 Å².